The Kier molecular flexibility index (Phi) is 7.69. The van der Waals surface area contributed by atoms with Gasteiger partial charge in [0.15, 0.2) is 16.7 Å². The fourth-order valence-electron chi connectivity index (χ4n) is 4.66. The van der Waals surface area contributed by atoms with Crippen molar-refractivity contribution in [3.8, 4) is 23.0 Å². The third kappa shape index (κ3) is 5.26. The molecule has 2 aromatic rings. The number of benzene rings is 2. The highest BCUT2D eigenvalue weighted by atomic mass is 32.2. The fraction of sp³-hybridized carbons (Fsp3) is 0.321. The predicted octanol–water partition coefficient (Wildman–Crippen LogP) is 4.28. The lowest BCUT2D eigenvalue weighted by Crippen LogP contribution is -2.38. The van der Waals surface area contributed by atoms with Crippen molar-refractivity contribution in [3.05, 3.63) is 69.9 Å². The van der Waals surface area contributed by atoms with Gasteiger partial charge in [-0.25, -0.2) is 9.79 Å². The number of ether oxygens (including phenoxy) is 5. The minimum atomic E-state index is -0.611. The summed E-state index contributed by atoms with van der Waals surface area (Å²) < 4.78 is 27.3. The first kappa shape index (κ1) is 26.5. The number of aliphatic imine (C=N–C) groups is 1. The second kappa shape index (κ2) is 11.3. The minimum Gasteiger partial charge on any atom is -0.497 e. The summed E-state index contributed by atoms with van der Waals surface area (Å²) in [6.07, 6.45) is 0.0840. The Morgan fingerprint density at radius 2 is 1.95 bits per heavy atom. The third-order valence-corrected chi connectivity index (χ3v) is 7.39. The number of methoxy groups -OCH3 is 2. The third-order valence-electron chi connectivity index (χ3n) is 6.50. The number of hydrogen-bond acceptors (Lipinski definition) is 10. The number of carbonyl (C=O) groups excluding carboxylic acids is 2. The molecule has 3 aliphatic heterocycles. The Balaban J connectivity index is 1.41. The first-order valence-corrected chi connectivity index (χ1v) is 13.3. The molecule has 0 saturated carbocycles. The second-order valence-corrected chi connectivity index (χ2v) is 9.70. The average molecular weight is 552 g/mol. The van der Waals surface area contributed by atoms with Crippen LogP contribution < -0.4 is 24.3 Å². The Morgan fingerprint density at radius 1 is 1.13 bits per heavy atom. The van der Waals surface area contributed by atoms with Crippen molar-refractivity contribution in [2.75, 3.05) is 27.6 Å². The second-order valence-electron chi connectivity index (χ2n) is 8.86. The molecule has 0 radical (unpaired) electrons. The smallest absolute Gasteiger partial charge is 0.338 e. The molecular formula is C28H29N3O7S. The highest BCUT2D eigenvalue weighted by molar-refractivity contribution is 8.16. The summed E-state index contributed by atoms with van der Waals surface area (Å²) in [6, 6.07) is 10.4. The van der Waals surface area contributed by atoms with Gasteiger partial charge in [0.25, 0.3) is 0 Å². The quantitative estimate of drug-likeness (QED) is 0.457. The van der Waals surface area contributed by atoms with Crippen LogP contribution in [0.5, 0.6) is 23.0 Å². The zero-order valence-electron chi connectivity index (χ0n) is 22.1. The normalized spacial score (nSPS) is 17.3. The zero-order valence-corrected chi connectivity index (χ0v) is 22.9. The summed E-state index contributed by atoms with van der Waals surface area (Å²) in [5.41, 5.74) is 3.27. The van der Waals surface area contributed by atoms with E-state index in [2.05, 4.69) is 10.3 Å². The molecule has 10 nitrogen and oxygen atoms in total. The molecular weight excluding hydrogens is 522 g/mol. The standard InChI is InChI=1S/C28H29N3O7S/c1-5-36-27(33)25-16(2)30-28-31(26(25)20-8-7-19(34-3)12-22(20)35-4)18(14-39-28)11-24(32)29-13-17-6-9-21-23(10-17)38-15-37-21/h6-10,12,14,26H,5,11,13,15H2,1-4H3,(H,29,32). The maximum absolute atomic E-state index is 13.2. The molecule has 3 heterocycles. The molecule has 3 aliphatic rings. The van der Waals surface area contributed by atoms with E-state index in [0.717, 1.165) is 11.1 Å². The SMILES string of the molecule is CCOC(=O)C1=C(C)N=C2SC=C(CC(=O)NCc3ccc4c(c3)OCO4)N2C1c1ccc(OC)cc1OC. The van der Waals surface area contributed by atoms with E-state index in [-0.39, 0.29) is 25.7 Å². The van der Waals surface area contributed by atoms with Crippen LogP contribution in [0.3, 0.4) is 0 Å². The van der Waals surface area contributed by atoms with Crippen LogP contribution in [-0.4, -0.2) is 49.6 Å². The van der Waals surface area contributed by atoms with Crippen molar-refractivity contribution >= 4 is 28.8 Å². The monoisotopic (exact) mass is 551 g/mol. The molecule has 11 heteroatoms. The summed E-state index contributed by atoms with van der Waals surface area (Å²) in [5, 5.41) is 5.53. The van der Waals surface area contributed by atoms with Crippen LogP contribution in [0, 0.1) is 0 Å². The Morgan fingerprint density at radius 3 is 2.72 bits per heavy atom. The van der Waals surface area contributed by atoms with Gasteiger partial charge in [-0.3, -0.25) is 4.79 Å². The number of rotatable bonds is 9. The van der Waals surface area contributed by atoms with E-state index >= 15 is 0 Å². The zero-order chi connectivity index (χ0) is 27.5. The first-order valence-electron chi connectivity index (χ1n) is 12.4. The number of thioether (sulfide) groups is 1. The van der Waals surface area contributed by atoms with E-state index in [0.29, 0.717) is 51.7 Å². The molecule has 204 valence electrons. The Labute approximate surface area is 230 Å². The number of amidine groups is 1. The van der Waals surface area contributed by atoms with Crippen molar-refractivity contribution < 1.29 is 33.3 Å². The van der Waals surface area contributed by atoms with E-state index in [4.69, 9.17) is 23.7 Å². The maximum Gasteiger partial charge on any atom is 0.338 e. The lowest BCUT2D eigenvalue weighted by Gasteiger charge is -2.36. The van der Waals surface area contributed by atoms with E-state index in [9.17, 15) is 9.59 Å². The summed E-state index contributed by atoms with van der Waals surface area (Å²) in [7, 11) is 3.14. The van der Waals surface area contributed by atoms with Crippen LogP contribution in [0.4, 0.5) is 0 Å². The van der Waals surface area contributed by atoms with Crippen LogP contribution in [0.1, 0.15) is 37.4 Å². The molecule has 5 rings (SSSR count). The molecule has 1 unspecified atom stereocenters. The number of amides is 1. The van der Waals surface area contributed by atoms with Gasteiger partial charge in [-0.1, -0.05) is 17.8 Å². The fourth-order valence-corrected chi connectivity index (χ4v) is 5.62. The molecule has 2 aromatic carbocycles. The van der Waals surface area contributed by atoms with E-state index in [1.165, 1.54) is 11.8 Å². The molecule has 1 atom stereocenters. The topological polar surface area (TPSA) is 108 Å². The van der Waals surface area contributed by atoms with Gasteiger partial charge in [0.05, 0.1) is 44.6 Å². The van der Waals surface area contributed by atoms with Crippen LogP contribution in [0.15, 0.2) is 63.8 Å². The predicted molar refractivity (Wildman–Crippen MR) is 146 cm³/mol. The van der Waals surface area contributed by atoms with E-state index in [1.54, 1.807) is 34.1 Å². The number of allylic oxidation sites excluding steroid dienone is 1. The number of nitrogens with zero attached hydrogens (tertiary/aromatic N) is 2. The maximum atomic E-state index is 13.2. The van der Waals surface area contributed by atoms with Gasteiger partial charge in [-0.15, -0.1) is 0 Å². The van der Waals surface area contributed by atoms with Crippen molar-refractivity contribution in [2.24, 2.45) is 4.99 Å². The van der Waals surface area contributed by atoms with Gasteiger partial charge in [-0.05, 0) is 49.1 Å². The molecule has 0 bridgehead atoms. The number of nitrogens with one attached hydrogen (secondary N) is 1. The van der Waals surface area contributed by atoms with Gasteiger partial charge in [-0.2, -0.15) is 0 Å². The lowest BCUT2D eigenvalue weighted by atomic mass is 9.93. The van der Waals surface area contributed by atoms with Crippen LogP contribution in [0.25, 0.3) is 0 Å². The van der Waals surface area contributed by atoms with Gasteiger partial charge in [0.1, 0.15) is 11.5 Å². The first-order chi connectivity index (χ1) is 18.9. The number of fused-ring (bicyclic) bond motifs is 2. The number of hydrogen-bond donors (Lipinski definition) is 1. The van der Waals surface area contributed by atoms with Gasteiger partial charge in [0, 0.05) is 23.9 Å². The molecule has 0 aromatic heterocycles. The van der Waals surface area contributed by atoms with Crippen LogP contribution in [0.2, 0.25) is 0 Å². The van der Waals surface area contributed by atoms with Gasteiger partial charge < -0.3 is 33.9 Å². The van der Waals surface area contributed by atoms with Crippen LogP contribution in [-0.2, 0) is 20.9 Å². The summed E-state index contributed by atoms with van der Waals surface area (Å²) in [5.74, 6) is 1.87. The summed E-state index contributed by atoms with van der Waals surface area (Å²) in [4.78, 5) is 32.9. The molecule has 0 aliphatic carbocycles. The molecule has 1 N–H and O–H groups in total. The van der Waals surface area contributed by atoms with E-state index in [1.807, 2.05) is 40.6 Å². The van der Waals surface area contributed by atoms with Gasteiger partial charge >= 0.3 is 5.97 Å². The van der Waals surface area contributed by atoms with E-state index < -0.39 is 12.0 Å². The highest BCUT2D eigenvalue weighted by Gasteiger charge is 2.42. The molecule has 0 spiro atoms. The molecule has 0 saturated heterocycles. The largest absolute Gasteiger partial charge is 0.497 e. The summed E-state index contributed by atoms with van der Waals surface area (Å²) in [6.45, 7) is 4.29. The molecule has 39 heavy (non-hydrogen) atoms. The lowest BCUT2D eigenvalue weighted by molar-refractivity contribution is -0.139. The highest BCUT2D eigenvalue weighted by Crippen LogP contribution is 2.47. The van der Waals surface area contributed by atoms with Crippen molar-refractivity contribution in [1.29, 1.82) is 0 Å². The minimum absolute atomic E-state index is 0.0840. The molecule has 0 fully saturated rings. The number of esters is 1. The average Bonchev–Trinajstić information content (AvgIpc) is 3.57. The van der Waals surface area contributed by atoms with Crippen LogP contribution >= 0.6 is 11.8 Å². The van der Waals surface area contributed by atoms with Crippen molar-refractivity contribution in [1.82, 2.24) is 10.2 Å². The number of carbonyl (C=O) groups is 2. The van der Waals surface area contributed by atoms with Crippen molar-refractivity contribution in [3.63, 3.8) is 0 Å². The Bertz CT molecular complexity index is 1400. The molecule has 1 amide bonds. The van der Waals surface area contributed by atoms with Crippen molar-refractivity contribution in [2.45, 2.75) is 32.9 Å². The Hall–Kier alpha value is -4.12. The van der Waals surface area contributed by atoms with Gasteiger partial charge in [0.2, 0.25) is 12.7 Å². The summed E-state index contributed by atoms with van der Waals surface area (Å²) >= 11 is 1.41.